The lowest BCUT2D eigenvalue weighted by molar-refractivity contribution is -0.131. The number of ether oxygens (including phenoxy) is 2. The summed E-state index contributed by atoms with van der Waals surface area (Å²) in [4.78, 5) is 33.1. The highest BCUT2D eigenvalue weighted by molar-refractivity contribution is 6.21. The van der Waals surface area contributed by atoms with Crippen LogP contribution in [0.4, 0.5) is 9.18 Å². The second-order valence-corrected chi connectivity index (χ2v) is 14.2. The van der Waals surface area contributed by atoms with Crippen LogP contribution in [0.2, 0.25) is 0 Å². The lowest BCUT2D eigenvalue weighted by Gasteiger charge is -2.59. The second-order valence-electron chi connectivity index (χ2n) is 13.7. The molecular weight excluding hydrogens is 549 g/mol. The summed E-state index contributed by atoms with van der Waals surface area (Å²) in [6.07, 6.45) is 3.00. The number of hydrogen-bond donors (Lipinski definition) is 2. The Morgan fingerprint density at radius 2 is 2.02 bits per heavy atom. The summed E-state index contributed by atoms with van der Waals surface area (Å²) in [5.74, 6) is -0.342. The topological polar surface area (TPSA) is 86.4 Å². The zero-order chi connectivity index (χ0) is 28.6. The van der Waals surface area contributed by atoms with Crippen LogP contribution in [0.5, 0.6) is 0 Å². The van der Waals surface area contributed by atoms with Crippen LogP contribution in [-0.2, 0) is 14.3 Å². The second kappa shape index (κ2) is 10.9. The molecule has 7 aliphatic rings. The van der Waals surface area contributed by atoms with Gasteiger partial charge in [-0.3, -0.25) is 9.69 Å². The highest BCUT2D eigenvalue weighted by atomic mass is 35.5. The summed E-state index contributed by atoms with van der Waals surface area (Å²) in [6, 6.07) is -0.395. The lowest BCUT2D eigenvalue weighted by atomic mass is 9.64. The molecule has 0 aromatic rings. The van der Waals surface area contributed by atoms with Crippen LogP contribution in [0.15, 0.2) is 12.7 Å². The van der Waals surface area contributed by atoms with E-state index in [0.717, 1.165) is 25.8 Å². The molecule has 0 aromatic heterocycles. The fourth-order valence-corrected chi connectivity index (χ4v) is 10.2. The van der Waals surface area contributed by atoms with Crippen LogP contribution < -0.4 is 10.6 Å². The lowest BCUT2D eigenvalue weighted by Crippen LogP contribution is -2.77. The number of nitrogens with one attached hydrogen (secondary N) is 2. The van der Waals surface area contributed by atoms with Crippen molar-refractivity contribution in [3.63, 3.8) is 0 Å². The summed E-state index contributed by atoms with van der Waals surface area (Å²) in [7, 11) is 0. The first kappa shape index (κ1) is 28.3. The van der Waals surface area contributed by atoms with Crippen LogP contribution in [0.3, 0.4) is 0 Å². The molecule has 5 aliphatic heterocycles. The number of rotatable bonds is 2. The van der Waals surface area contributed by atoms with E-state index in [-0.39, 0.29) is 84.3 Å². The molecule has 13 atom stereocenters. The molecule has 13 unspecified atom stereocenters. The minimum absolute atomic E-state index is 0.0656. The molecule has 7 fully saturated rings. The zero-order valence-corrected chi connectivity index (χ0v) is 24.9. The molecule has 9 nitrogen and oxygen atoms in total. The van der Waals surface area contributed by atoms with Gasteiger partial charge in [0, 0.05) is 43.6 Å². The van der Waals surface area contributed by atoms with Crippen molar-refractivity contribution in [2.75, 3.05) is 32.8 Å². The van der Waals surface area contributed by atoms with Gasteiger partial charge in [0.1, 0.15) is 6.17 Å². The number of piperidine rings is 1. The molecule has 7 rings (SSSR count). The van der Waals surface area contributed by atoms with E-state index in [4.69, 9.17) is 21.1 Å². The number of amides is 3. The molecule has 41 heavy (non-hydrogen) atoms. The normalized spacial score (nSPS) is 47.9. The van der Waals surface area contributed by atoms with Crippen molar-refractivity contribution in [2.45, 2.75) is 106 Å². The average molecular weight is 594 g/mol. The quantitative estimate of drug-likeness (QED) is 0.378. The van der Waals surface area contributed by atoms with Gasteiger partial charge in [-0.15, -0.1) is 11.6 Å². The maximum absolute atomic E-state index is 16.0. The Bertz CT molecular complexity index is 1050. The minimum atomic E-state index is -0.979. The first-order chi connectivity index (χ1) is 19.8. The Balaban J connectivity index is 1.32. The van der Waals surface area contributed by atoms with E-state index in [1.807, 2.05) is 4.90 Å². The third-order valence-electron chi connectivity index (χ3n) is 11.4. The van der Waals surface area contributed by atoms with Crippen molar-refractivity contribution in [2.24, 2.45) is 23.7 Å². The Labute approximate surface area is 247 Å². The van der Waals surface area contributed by atoms with Crippen LogP contribution in [0.1, 0.15) is 46.0 Å². The number of nitrogens with zero attached hydrogens (tertiary/aromatic N) is 3. The molecule has 0 radical (unpaired) electrons. The van der Waals surface area contributed by atoms with E-state index in [1.165, 1.54) is 6.08 Å². The number of alkyl halides is 2. The molecule has 5 saturated heterocycles. The first-order valence-electron chi connectivity index (χ1n) is 15.8. The summed E-state index contributed by atoms with van der Waals surface area (Å²) >= 11 is 7.41. The molecular formula is C30H45ClFN5O4. The van der Waals surface area contributed by atoms with E-state index in [9.17, 15) is 9.59 Å². The Kier molecular flexibility index (Phi) is 7.54. The maximum atomic E-state index is 16.0. The predicted molar refractivity (Wildman–Crippen MR) is 152 cm³/mol. The van der Waals surface area contributed by atoms with E-state index in [2.05, 4.69) is 40.9 Å². The highest BCUT2D eigenvalue weighted by Gasteiger charge is 2.63. The van der Waals surface area contributed by atoms with Gasteiger partial charge in [-0.2, -0.15) is 0 Å². The van der Waals surface area contributed by atoms with Gasteiger partial charge in [-0.25, -0.2) is 9.18 Å². The molecule has 2 N–H and O–H groups in total. The number of carbonyl (C=O) groups is 2. The number of urea groups is 1. The van der Waals surface area contributed by atoms with Crippen molar-refractivity contribution in [1.82, 2.24) is 25.3 Å². The van der Waals surface area contributed by atoms with Crippen molar-refractivity contribution >= 4 is 23.5 Å². The summed E-state index contributed by atoms with van der Waals surface area (Å²) in [6.45, 7) is 11.0. The standard InChI is InChI=1S/C30H45ClFN5O4/c1-4-22(38)35-10-11-36-16(13-35)14-40-28-24-19-12-17(25(28)31)23-18(32)6-5-7-20(23)41-21-8-9-33-26(15(2)3)27(21)37(19)30(39)34-29(24)36/h4,15-21,23-29,33H,1,5-14H2,2-3H3,(H,34,39). The highest BCUT2D eigenvalue weighted by Crippen LogP contribution is 2.52. The molecule has 2 saturated carbocycles. The summed E-state index contributed by atoms with van der Waals surface area (Å²) < 4.78 is 29.7. The van der Waals surface area contributed by atoms with Crippen LogP contribution in [0, 0.1) is 23.7 Å². The Hall–Kier alpha value is -1.46. The van der Waals surface area contributed by atoms with E-state index >= 15 is 4.39 Å². The predicted octanol–water partition coefficient (Wildman–Crippen LogP) is 2.34. The molecule has 2 bridgehead atoms. The number of halogens is 2. The monoisotopic (exact) mass is 593 g/mol. The smallest absolute Gasteiger partial charge is 0.319 e. The fourth-order valence-electron chi connectivity index (χ4n) is 9.65. The van der Waals surface area contributed by atoms with Gasteiger partial charge in [0.2, 0.25) is 5.91 Å². The van der Waals surface area contributed by atoms with Crippen LogP contribution in [-0.4, -0.2) is 120 Å². The molecule has 0 spiro atoms. The van der Waals surface area contributed by atoms with Gasteiger partial charge >= 0.3 is 6.03 Å². The van der Waals surface area contributed by atoms with Gasteiger partial charge in [0.15, 0.2) is 0 Å². The van der Waals surface area contributed by atoms with Gasteiger partial charge in [0.25, 0.3) is 0 Å². The van der Waals surface area contributed by atoms with Crippen molar-refractivity contribution in [3.8, 4) is 0 Å². The van der Waals surface area contributed by atoms with E-state index < -0.39 is 11.5 Å². The van der Waals surface area contributed by atoms with E-state index in [1.54, 1.807) is 0 Å². The molecule has 5 heterocycles. The van der Waals surface area contributed by atoms with Gasteiger partial charge in [-0.1, -0.05) is 20.4 Å². The maximum Gasteiger partial charge on any atom is 0.319 e. The van der Waals surface area contributed by atoms with Crippen molar-refractivity contribution in [3.05, 3.63) is 12.7 Å². The number of fused-ring (bicyclic) bond motifs is 7. The third kappa shape index (κ3) is 4.53. The molecule has 0 aromatic carbocycles. The van der Waals surface area contributed by atoms with Gasteiger partial charge < -0.3 is 29.9 Å². The SMILES string of the molecule is C=CC(=O)N1CCN2C(COC3C(Cl)C4CC5C3C2NC(=O)N5C2C(CCNC2C(C)C)OC2CCCC(F)C24)C1. The minimum Gasteiger partial charge on any atom is -0.374 e. The number of carbonyl (C=O) groups excluding carboxylic acids is 2. The van der Waals surface area contributed by atoms with Gasteiger partial charge in [-0.05, 0) is 56.6 Å². The zero-order valence-electron chi connectivity index (χ0n) is 24.2. The van der Waals surface area contributed by atoms with Crippen LogP contribution in [0.25, 0.3) is 0 Å². The molecule has 228 valence electrons. The Morgan fingerprint density at radius 1 is 1.20 bits per heavy atom. The molecule has 11 heteroatoms. The summed E-state index contributed by atoms with van der Waals surface area (Å²) in [5.41, 5.74) is 0. The van der Waals surface area contributed by atoms with Crippen molar-refractivity contribution < 1.29 is 23.5 Å². The largest absolute Gasteiger partial charge is 0.374 e. The molecule has 3 amide bonds. The summed E-state index contributed by atoms with van der Waals surface area (Å²) in [5, 5.41) is 6.74. The van der Waals surface area contributed by atoms with Crippen molar-refractivity contribution in [1.29, 1.82) is 0 Å². The third-order valence-corrected chi connectivity index (χ3v) is 12.0. The number of piperazine rings is 1. The van der Waals surface area contributed by atoms with E-state index in [0.29, 0.717) is 39.1 Å². The number of hydrogen-bond acceptors (Lipinski definition) is 6. The average Bonchev–Trinajstić information content (AvgIpc) is 3.08. The van der Waals surface area contributed by atoms with Crippen LogP contribution >= 0.6 is 11.6 Å². The molecule has 2 aliphatic carbocycles. The Morgan fingerprint density at radius 3 is 2.80 bits per heavy atom. The first-order valence-corrected chi connectivity index (χ1v) is 16.3. The fraction of sp³-hybridized carbons (Fsp3) is 0.867. The van der Waals surface area contributed by atoms with Gasteiger partial charge in [0.05, 0.1) is 48.5 Å².